The fourth-order valence-corrected chi connectivity index (χ4v) is 4.13. The van der Waals surface area contributed by atoms with Crippen LogP contribution in [-0.4, -0.2) is 17.0 Å². The van der Waals surface area contributed by atoms with Gasteiger partial charge in [-0.25, -0.2) is 0 Å². The van der Waals surface area contributed by atoms with Crippen molar-refractivity contribution in [3.05, 3.63) is 29.8 Å². The highest BCUT2D eigenvalue weighted by Crippen LogP contribution is 2.49. The molecule has 0 unspecified atom stereocenters. The van der Waals surface area contributed by atoms with Crippen LogP contribution in [0.1, 0.15) is 31.2 Å². The Morgan fingerprint density at radius 3 is 2.29 bits per heavy atom. The number of benzene rings is 1. The topological polar surface area (TPSA) is 66.4 Å². The van der Waals surface area contributed by atoms with E-state index in [1.165, 1.54) is 0 Å². The number of carbonyl (C=O) groups is 2. The molecule has 2 bridgehead atoms. The molecule has 0 radical (unpaired) electrons. The molecule has 4 rings (SSSR count). The Morgan fingerprint density at radius 2 is 1.71 bits per heavy atom. The van der Waals surface area contributed by atoms with Crippen molar-refractivity contribution in [2.45, 2.75) is 32.6 Å². The summed E-state index contributed by atoms with van der Waals surface area (Å²) in [5.41, 5.74) is 1.83. The number of hydrogen-bond donors (Lipinski definition) is 2. The van der Waals surface area contributed by atoms with Gasteiger partial charge in [-0.1, -0.05) is 12.1 Å². The molecule has 1 aromatic carbocycles. The van der Waals surface area contributed by atoms with E-state index in [0.717, 1.165) is 36.9 Å². The molecule has 1 amide bonds. The monoisotopic (exact) mass is 287 g/mol. The van der Waals surface area contributed by atoms with Crippen LogP contribution in [0, 0.1) is 30.6 Å². The minimum absolute atomic E-state index is 0.123. The lowest BCUT2D eigenvalue weighted by Crippen LogP contribution is -2.49. The molecule has 21 heavy (non-hydrogen) atoms. The van der Waals surface area contributed by atoms with Crippen LogP contribution in [0.2, 0.25) is 0 Å². The second-order valence-corrected chi connectivity index (χ2v) is 6.42. The lowest BCUT2D eigenvalue weighted by atomic mass is 9.58. The van der Waals surface area contributed by atoms with Gasteiger partial charge in [-0.2, -0.15) is 0 Å². The molecule has 3 saturated carbocycles. The van der Waals surface area contributed by atoms with Crippen LogP contribution in [0.4, 0.5) is 5.69 Å². The molecule has 0 aliphatic heterocycles. The normalized spacial score (nSPS) is 30.9. The van der Waals surface area contributed by atoms with E-state index in [-0.39, 0.29) is 23.7 Å². The van der Waals surface area contributed by atoms with Crippen LogP contribution in [0.25, 0.3) is 0 Å². The van der Waals surface area contributed by atoms with Crippen molar-refractivity contribution >= 4 is 17.6 Å². The summed E-state index contributed by atoms with van der Waals surface area (Å²) in [5, 5.41) is 12.4. The summed E-state index contributed by atoms with van der Waals surface area (Å²) >= 11 is 0. The number of rotatable bonds is 3. The average molecular weight is 287 g/mol. The Bertz CT molecular complexity index is 561. The van der Waals surface area contributed by atoms with E-state index in [2.05, 4.69) is 5.32 Å². The van der Waals surface area contributed by atoms with Crippen LogP contribution in [0.5, 0.6) is 0 Å². The number of fused-ring (bicyclic) bond motifs is 3. The quantitative estimate of drug-likeness (QED) is 0.898. The van der Waals surface area contributed by atoms with Gasteiger partial charge in [-0.3, -0.25) is 9.59 Å². The van der Waals surface area contributed by atoms with Crippen LogP contribution >= 0.6 is 0 Å². The highest BCUT2D eigenvalue weighted by atomic mass is 16.4. The lowest BCUT2D eigenvalue weighted by molar-refractivity contribution is -0.156. The van der Waals surface area contributed by atoms with Crippen molar-refractivity contribution in [2.24, 2.45) is 23.7 Å². The SMILES string of the molecule is Cc1cccc(NC(=O)[C@@H]2C3CCC(CC3)[C@@H]2C(=O)O)c1. The van der Waals surface area contributed by atoms with Gasteiger partial charge >= 0.3 is 5.97 Å². The molecule has 3 aliphatic rings. The van der Waals surface area contributed by atoms with Gasteiger partial charge in [0.15, 0.2) is 0 Å². The number of anilines is 1. The first kappa shape index (κ1) is 14.1. The van der Waals surface area contributed by atoms with Crippen LogP contribution < -0.4 is 5.32 Å². The van der Waals surface area contributed by atoms with Gasteiger partial charge in [0.05, 0.1) is 11.8 Å². The number of amides is 1. The molecule has 0 saturated heterocycles. The van der Waals surface area contributed by atoms with Gasteiger partial charge in [-0.15, -0.1) is 0 Å². The summed E-state index contributed by atoms with van der Waals surface area (Å²) in [6, 6.07) is 7.63. The van der Waals surface area contributed by atoms with Gasteiger partial charge < -0.3 is 10.4 Å². The zero-order chi connectivity index (χ0) is 15.0. The van der Waals surface area contributed by atoms with Crippen molar-refractivity contribution in [3.8, 4) is 0 Å². The Hall–Kier alpha value is -1.84. The number of aryl methyl sites for hydroxylation is 1. The minimum Gasteiger partial charge on any atom is -0.481 e. The summed E-state index contributed by atoms with van der Waals surface area (Å²) in [4.78, 5) is 24.2. The van der Waals surface area contributed by atoms with Crippen molar-refractivity contribution in [1.29, 1.82) is 0 Å². The smallest absolute Gasteiger partial charge is 0.307 e. The average Bonchev–Trinajstić information content (AvgIpc) is 2.47. The van der Waals surface area contributed by atoms with E-state index in [1.807, 2.05) is 31.2 Å². The second kappa shape index (κ2) is 5.51. The zero-order valence-electron chi connectivity index (χ0n) is 12.2. The third-order valence-electron chi connectivity index (χ3n) is 5.09. The van der Waals surface area contributed by atoms with Crippen molar-refractivity contribution in [3.63, 3.8) is 0 Å². The van der Waals surface area contributed by atoms with E-state index < -0.39 is 11.9 Å². The first-order valence-corrected chi connectivity index (χ1v) is 7.66. The molecule has 0 aromatic heterocycles. The number of carboxylic acids is 1. The fraction of sp³-hybridized carbons (Fsp3) is 0.529. The van der Waals surface area contributed by atoms with E-state index >= 15 is 0 Å². The standard InChI is InChI=1S/C17H21NO3/c1-10-3-2-4-13(9-10)18-16(19)14-11-5-7-12(8-6-11)15(14)17(20)21/h2-4,9,11-12,14-15H,5-8H2,1H3,(H,18,19)(H,20,21)/t11?,12?,14-,15+/m1/s1. The van der Waals surface area contributed by atoms with Crippen LogP contribution in [-0.2, 0) is 9.59 Å². The van der Waals surface area contributed by atoms with E-state index in [0.29, 0.717) is 0 Å². The first-order chi connectivity index (χ1) is 10.1. The highest BCUT2D eigenvalue weighted by Gasteiger charge is 2.50. The largest absolute Gasteiger partial charge is 0.481 e. The predicted molar refractivity (Wildman–Crippen MR) is 79.9 cm³/mol. The molecule has 3 fully saturated rings. The molecule has 0 spiro atoms. The Kier molecular flexibility index (Phi) is 3.70. The maximum Gasteiger partial charge on any atom is 0.307 e. The van der Waals surface area contributed by atoms with E-state index in [4.69, 9.17) is 0 Å². The Labute approximate surface area is 124 Å². The molecular formula is C17H21NO3. The number of hydrogen-bond acceptors (Lipinski definition) is 2. The van der Waals surface area contributed by atoms with Crippen molar-refractivity contribution < 1.29 is 14.7 Å². The summed E-state index contributed by atoms with van der Waals surface area (Å²) in [7, 11) is 0. The minimum atomic E-state index is -0.811. The van der Waals surface area contributed by atoms with Gasteiger partial charge in [0.2, 0.25) is 5.91 Å². The van der Waals surface area contributed by atoms with Gasteiger partial charge in [0.1, 0.15) is 0 Å². The maximum atomic E-state index is 12.6. The highest BCUT2D eigenvalue weighted by molar-refractivity contribution is 5.95. The first-order valence-electron chi connectivity index (χ1n) is 7.66. The third-order valence-corrected chi connectivity index (χ3v) is 5.09. The molecule has 112 valence electrons. The number of aliphatic carboxylic acids is 1. The maximum absolute atomic E-state index is 12.6. The van der Waals surface area contributed by atoms with Crippen molar-refractivity contribution in [2.75, 3.05) is 5.32 Å². The predicted octanol–water partition coefficient (Wildman–Crippen LogP) is 3.07. The summed E-state index contributed by atoms with van der Waals surface area (Å²) in [5.74, 6) is -1.43. The molecule has 4 nitrogen and oxygen atoms in total. The molecule has 0 heterocycles. The Balaban J connectivity index is 1.80. The summed E-state index contributed by atoms with van der Waals surface area (Å²) < 4.78 is 0. The molecular weight excluding hydrogens is 266 g/mol. The molecule has 2 atom stereocenters. The summed E-state index contributed by atoms with van der Waals surface area (Å²) in [6.45, 7) is 1.97. The van der Waals surface area contributed by atoms with Gasteiger partial charge in [-0.05, 0) is 62.1 Å². The summed E-state index contributed by atoms with van der Waals surface area (Å²) in [6.07, 6.45) is 3.88. The third kappa shape index (κ3) is 2.67. The molecule has 2 N–H and O–H groups in total. The van der Waals surface area contributed by atoms with Crippen LogP contribution in [0.15, 0.2) is 24.3 Å². The van der Waals surface area contributed by atoms with E-state index in [9.17, 15) is 14.7 Å². The van der Waals surface area contributed by atoms with Crippen molar-refractivity contribution in [1.82, 2.24) is 0 Å². The van der Waals surface area contributed by atoms with Crippen LogP contribution in [0.3, 0.4) is 0 Å². The lowest BCUT2D eigenvalue weighted by Gasteiger charge is -2.45. The molecule has 3 aliphatic carbocycles. The molecule has 1 aromatic rings. The Morgan fingerprint density at radius 1 is 1.10 bits per heavy atom. The fourth-order valence-electron chi connectivity index (χ4n) is 4.13. The second-order valence-electron chi connectivity index (χ2n) is 6.42. The zero-order valence-corrected chi connectivity index (χ0v) is 12.2. The number of carboxylic acid groups (broad SMARTS) is 1. The van der Waals surface area contributed by atoms with Gasteiger partial charge in [0, 0.05) is 5.69 Å². The van der Waals surface area contributed by atoms with E-state index in [1.54, 1.807) is 0 Å². The molecule has 4 heteroatoms. The number of carbonyl (C=O) groups excluding carboxylic acids is 1. The number of nitrogens with one attached hydrogen (secondary N) is 1. The van der Waals surface area contributed by atoms with Gasteiger partial charge in [0.25, 0.3) is 0 Å².